The third-order valence-electron chi connectivity index (χ3n) is 3.17. The van der Waals surface area contributed by atoms with Crippen molar-refractivity contribution in [2.24, 2.45) is 0 Å². The summed E-state index contributed by atoms with van der Waals surface area (Å²) in [6.07, 6.45) is 1.70. The normalized spacial score (nSPS) is 11.2. The molecule has 0 saturated carbocycles. The maximum Gasteiger partial charge on any atom is 0.263 e. The molecule has 2 heterocycles. The van der Waals surface area contributed by atoms with Gasteiger partial charge in [-0.15, -0.1) is 11.3 Å². The third-order valence-corrected chi connectivity index (χ3v) is 4.30. The number of nitrogens with two attached hydrogens (primary N) is 1. The van der Waals surface area contributed by atoms with Gasteiger partial charge < -0.3 is 20.7 Å². The first-order valence-electron chi connectivity index (χ1n) is 6.72. The minimum Gasteiger partial charge on any atom is -0.397 e. The van der Waals surface area contributed by atoms with Gasteiger partial charge in [0.05, 0.1) is 12.3 Å². The van der Waals surface area contributed by atoms with Crippen LogP contribution in [-0.2, 0) is 4.74 Å². The Morgan fingerprint density at radius 1 is 1.52 bits per heavy atom. The Labute approximate surface area is 127 Å². The predicted molar refractivity (Wildman–Crippen MR) is 85.7 cm³/mol. The summed E-state index contributed by atoms with van der Waals surface area (Å²) in [4.78, 5) is 19.8. The van der Waals surface area contributed by atoms with E-state index < -0.39 is 0 Å². The number of likely N-dealkylation sites (N-methyl/N-ethyl adjacent to an activating group) is 1. The molecule has 0 atom stereocenters. The molecule has 0 aromatic carbocycles. The molecule has 0 aliphatic carbocycles. The summed E-state index contributed by atoms with van der Waals surface area (Å²) in [5.41, 5.74) is 6.53. The van der Waals surface area contributed by atoms with Gasteiger partial charge in [0, 0.05) is 38.3 Å². The molecule has 0 aliphatic rings. The molecule has 0 unspecified atom stereocenters. The third kappa shape index (κ3) is 3.90. The average Bonchev–Trinajstić information content (AvgIpc) is 2.83. The van der Waals surface area contributed by atoms with E-state index in [1.54, 1.807) is 13.3 Å². The lowest BCUT2D eigenvalue weighted by Crippen LogP contribution is -2.34. The van der Waals surface area contributed by atoms with Gasteiger partial charge in [0.2, 0.25) is 0 Å². The van der Waals surface area contributed by atoms with Gasteiger partial charge in [0.15, 0.2) is 0 Å². The van der Waals surface area contributed by atoms with Crippen LogP contribution >= 0.6 is 11.3 Å². The number of aromatic nitrogens is 1. The first kappa shape index (κ1) is 15.7. The summed E-state index contributed by atoms with van der Waals surface area (Å²) >= 11 is 1.32. The van der Waals surface area contributed by atoms with Crippen molar-refractivity contribution in [1.82, 2.24) is 15.2 Å². The molecule has 2 aromatic rings. The topological polar surface area (TPSA) is 80.5 Å². The predicted octanol–water partition coefficient (Wildman–Crippen LogP) is 1.19. The number of methoxy groups -OCH3 is 1. The smallest absolute Gasteiger partial charge is 0.263 e. The fourth-order valence-electron chi connectivity index (χ4n) is 1.92. The standard InChI is InChI=1S/C14H20N4O2S/c1-18(8-9-20-2)7-6-16-13(19)12-11(15)10-4-3-5-17-14(10)21-12/h3-5H,6-9,15H2,1-2H3,(H,16,19). The van der Waals surface area contributed by atoms with E-state index in [4.69, 9.17) is 10.5 Å². The number of nitrogens with one attached hydrogen (secondary N) is 1. The van der Waals surface area contributed by atoms with Crippen molar-refractivity contribution in [3.63, 3.8) is 0 Å². The summed E-state index contributed by atoms with van der Waals surface area (Å²) in [5, 5.41) is 3.73. The molecule has 0 spiro atoms. The van der Waals surface area contributed by atoms with E-state index in [1.807, 2.05) is 19.2 Å². The number of hydrogen-bond acceptors (Lipinski definition) is 6. The second kappa shape index (κ2) is 7.35. The minimum atomic E-state index is -0.143. The zero-order valence-electron chi connectivity index (χ0n) is 12.3. The Bertz CT molecular complexity index is 614. The summed E-state index contributed by atoms with van der Waals surface area (Å²) in [5.74, 6) is -0.143. The molecular weight excluding hydrogens is 288 g/mol. The minimum absolute atomic E-state index is 0.143. The van der Waals surface area contributed by atoms with Gasteiger partial charge in [0.25, 0.3) is 5.91 Å². The number of carbonyl (C=O) groups excluding carboxylic acids is 1. The highest BCUT2D eigenvalue weighted by Crippen LogP contribution is 2.31. The monoisotopic (exact) mass is 308 g/mol. The first-order chi connectivity index (χ1) is 10.1. The molecule has 0 bridgehead atoms. The van der Waals surface area contributed by atoms with Crippen LogP contribution < -0.4 is 11.1 Å². The molecule has 0 saturated heterocycles. The van der Waals surface area contributed by atoms with Crippen LogP contribution in [0.15, 0.2) is 18.3 Å². The zero-order chi connectivity index (χ0) is 15.2. The van der Waals surface area contributed by atoms with E-state index in [9.17, 15) is 4.79 Å². The van der Waals surface area contributed by atoms with Gasteiger partial charge in [-0.25, -0.2) is 4.98 Å². The second-order valence-corrected chi connectivity index (χ2v) is 5.75. The number of rotatable bonds is 7. The zero-order valence-corrected chi connectivity index (χ0v) is 13.1. The largest absolute Gasteiger partial charge is 0.397 e. The molecule has 1 amide bonds. The van der Waals surface area contributed by atoms with E-state index in [-0.39, 0.29) is 5.91 Å². The van der Waals surface area contributed by atoms with Crippen LogP contribution in [0.25, 0.3) is 10.2 Å². The van der Waals surface area contributed by atoms with Gasteiger partial charge in [-0.1, -0.05) is 0 Å². The lowest BCUT2D eigenvalue weighted by molar-refractivity contribution is 0.0952. The summed E-state index contributed by atoms with van der Waals surface area (Å²) in [6.45, 7) is 2.85. The van der Waals surface area contributed by atoms with Crippen LogP contribution in [0.4, 0.5) is 5.69 Å². The van der Waals surface area contributed by atoms with Crippen molar-refractivity contribution < 1.29 is 9.53 Å². The average molecular weight is 308 g/mol. The Hall–Kier alpha value is -1.70. The van der Waals surface area contributed by atoms with Gasteiger partial charge in [0.1, 0.15) is 9.71 Å². The van der Waals surface area contributed by atoms with E-state index >= 15 is 0 Å². The molecule has 0 fully saturated rings. The lowest BCUT2D eigenvalue weighted by Gasteiger charge is -2.15. The number of thiophene rings is 1. The van der Waals surface area contributed by atoms with E-state index in [0.29, 0.717) is 23.7 Å². The van der Waals surface area contributed by atoms with Crippen molar-refractivity contribution in [3.8, 4) is 0 Å². The van der Waals surface area contributed by atoms with Crippen LogP contribution in [0.3, 0.4) is 0 Å². The van der Waals surface area contributed by atoms with Gasteiger partial charge >= 0.3 is 0 Å². The maximum atomic E-state index is 12.2. The second-order valence-electron chi connectivity index (χ2n) is 4.75. The summed E-state index contributed by atoms with van der Waals surface area (Å²) in [7, 11) is 3.66. The van der Waals surface area contributed by atoms with Crippen LogP contribution in [0.1, 0.15) is 9.67 Å². The molecule has 2 rings (SSSR count). The number of anilines is 1. The molecule has 0 aliphatic heterocycles. The van der Waals surface area contributed by atoms with E-state index in [2.05, 4.69) is 15.2 Å². The number of fused-ring (bicyclic) bond motifs is 1. The Balaban J connectivity index is 1.92. The first-order valence-corrected chi connectivity index (χ1v) is 7.53. The van der Waals surface area contributed by atoms with Crippen molar-refractivity contribution in [2.45, 2.75) is 0 Å². The number of nitrogens with zero attached hydrogens (tertiary/aromatic N) is 2. The highest BCUT2D eigenvalue weighted by Gasteiger charge is 2.16. The van der Waals surface area contributed by atoms with Crippen molar-refractivity contribution in [3.05, 3.63) is 23.2 Å². The van der Waals surface area contributed by atoms with Crippen LogP contribution in [0.2, 0.25) is 0 Å². The van der Waals surface area contributed by atoms with E-state index in [1.165, 1.54) is 11.3 Å². The SMILES string of the molecule is COCCN(C)CCNC(=O)c1sc2ncccc2c1N. The summed E-state index contributed by atoms with van der Waals surface area (Å²) in [6, 6.07) is 3.70. The number of nitrogen functional groups attached to an aromatic ring is 1. The van der Waals surface area contributed by atoms with Crippen LogP contribution in [0, 0.1) is 0 Å². The Morgan fingerprint density at radius 2 is 2.33 bits per heavy atom. The van der Waals surface area contributed by atoms with Gasteiger partial charge in [-0.2, -0.15) is 0 Å². The molecule has 0 radical (unpaired) electrons. The fourth-order valence-corrected chi connectivity index (χ4v) is 2.90. The Kier molecular flexibility index (Phi) is 5.49. The molecule has 21 heavy (non-hydrogen) atoms. The number of hydrogen-bond donors (Lipinski definition) is 2. The molecule has 3 N–H and O–H groups in total. The van der Waals surface area contributed by atoms with Gasteiger partial charge in [-0.3, -0.25) is 4.79 Å². The number of ether oxygens (including phenoxy) is 1. The molecule has 2 aromatic heterocycles. The Morgan fingerprint density at radius 3 is 3.05 bits per heavy atom. The van der Waals surface area contributed by atoms with E-state index in [0.717, 1.165) is 23.3 Å². The van der Waals surface area contributed by atoms with Gasteiger partial charge in [-0.05, 0) is 19.2 Å². The molecule has 7 heteroatoms. The van der Waals surface area contributed by atoms with Crippen LogP contribution in [0.5, 0.6) is 0 Å². The molecule has 6 nitrogen and oxygen atoms in total. The highest BCUT2D eigenvalue weighted by molar-refractivity contribution is 7.21. The number of amides is 1. The van der Waals surface area contributed by atoms with Crippen molar-refractivity contribution in [2.75, 3.05) is 46.1 Å². The van der Waals surface area contributed by atoms with Crippen LogP contribution in [-0.4, -0.2) is 56.2 Å². The summed E-state index contributed by atoms with van der Waals surface area (Å²) < 4.78 is 5.01. The molecular formula is C14H20N4O2S. The fraction of sp³-hybridized carbons (Fsp3) is 0.429. The van der Waals surface area contributed by atoms with Crippen molar-refractivity contribution in [1.29, 1.82) is 0 Å². The van der Waals surface area contributed by atoms with Crippen molar-refractivity contribution >= 4 is 33.1 Å². The quantitative estimate of drug-likeness (QED) is 0.803. The number of pyridine rings is 1. The highest BCUT2D eigenvalue weighted by atomic mass is 32.1. The number of carbonyl (C=O) groups is 1. The molecule has 114 valence electrons. The maximum absolute atomic E-state index is 12.2. The lowest BCUT2D eigenvalue weighted by atomic mass is 10.2.